The molecule has 3 heteroatoms. The van der Waals surface area contributed by atoms with E-state index in [0.29, 0.717) is 11.1 Å². The van der Waals surface area contributed by atoms with Gasteiger partial charge in [-0.25, -0.2) is 0 Å². The lowest BCUT2D eigenvalue weighted by atomic mass is 10.0. The van der Waals surface area contributed by atoms with Gasteiger partial charge < -0.3 is 5.32 Å². The van der Waals surface area contributed by atoms with Crippen LogP contribution in [0.4, 0.5) is 0 Å². The van der Waals surface area contributed by atoms with Crippen molar-refractivity contribution in [3.05, 3.63) is 23.3 Å². The van der Waals surface area contributed by atoms with E-state index in [-0.39, 0.29) is 0 Å². The molecule has 0 aromatic heterocycles. The molecule has 0 atom stereocenters. The molecule has 0 radical (unpaired) electrons. The Morgan fingerprint density at radius 2 is 2.06 bits per heavy atom. The Hall–Kier alpha value is -0.310. The van der Waals surface area contributed by atoms with Gasteiger partial charge in [-0.15, -0.1) is 0 Å². The Kier molecular flexibility index (Phi) is 6.10. The van der Waals surface area contributed by atoms with E-state index in [1.807, 2.05) is 0 Å². The Balaban J connectivity index is 2.18. The Morgan fingerprint density at radius 3 is 2.56 bits per heavy atom. The van der Waals surface area contributed by atoms with E-state index < -0.39 is 0 Å². The fourth-order valence-electron chi connectivity index (χ4n) is 1.89. The number of halogens is 1. The molecule has 0 amide bonds. The largest absolute Gasteiger partial charge is 0.309 e. The summed E-state index contributed by atoms with van der Waals surface area (Å²) in [6.45, 7) is 12.2. The number of rotatable bonds is 5. The molecule has 0 spiro atoms. The van der Waals surface area contributed by atoms with E-state index in [1.165, 1.54) is 31.5 Å². The molecule has 1 fully saturated rings. The fourth-order valence-corrected chi connectivity index (χ4v) is 1.96. The van der Waals surface area contributed by atoms with Crippen LogP contribution in [-0.2, 0) is 0 Å². The summed E-state index contributed by atoms with van der Waals surface area (Å²) in [5.74, 6) is 0. The summed E-state index contributed by atoms with van der Waals surface area (Å²) in [6, 6.07) is 0.610. The second-order valence-electron chi connectivity index (χ2n) is 4.75. The summed E-state index contributed by atoms with van der Waals surface area (Å²) in [7, 11) is 0. The van der Waals surface area contributed by atoms with Crippen LogP contribution in [0.25, 0.3) is 0 Å². The van der Waals surface area contributed by atoms with Gasteiger partial charge >= 0.3 is 0 Å². The van der Waals surface area contributed by atoms with Gasteiger partial charge in [-0.2, -0.15) is 0 Å². The molecule has 2 nitrogen and oxygen atoms in total. The molecule has 0 aliphatic carbocycles. The fraction of sp³-hybridized carbons (Fsp3) is 0.692. The first kappa shape index (κ1) is 13.8. The highest BCUT2D eigenvalue weighted by Gasteiger charge is 2.17. The SMILES string of the molecule is C=C(Cl)CNC1CCN(CC=C(C)C)CC1. The quantitative estimate of drug-likeness (QED) is 0.746. The van der Waals surface area contributed by atoms with E-state index >= 15 is 0 Å². The minimum absolute atomic E-state index is 0.610. The van der Waals surface area contributed by atoms with E-state index in [2.05, 4.69) is 36.7 Å². The maximum absolute atomic E-state index is 5.74. The Labute approximate surface area is 104 Å². The number of piperidine rings is 1. The normalized spacial score (nSPS) is 18.4. The molecule has 0 aromatic carbocycles. The summed E-state index contributed by atoms with van der Waals surface area (Å²) in [4.78, 5) is 2.50. The summed E-state index contributed by atoms with van der Waals surface area (Å²) in [6.07, 6.45) is 4.72. The molecule has 1 saturated heterocycles. The van der Waals surface area contributed by atoms with Gasteiger partial charge in [0.1, 0.15) is 0 Å². The van der Waals surface area contributed by atoms with Crippen molar-refractivity contribution in [2.75, 3.05) is 26.2 Å². The van der Waals surface area contributed by atoms with Gasteiger partial charge in [0.2, 0.25) is 0 Å². The summed E-state index contributed by atoms with van der Waals surface area (Å²) in [5, 5.41) is 4.13. The minimum Gasteiger partial charge on any atom is -0.309 e. The molecule has 0 unspecified atom stereocenters. The molecule has 16 heavy (non-hydrogen) atoms. The van der Waals surface area contributed by atoms with Crippen LogP contribution >= 0.6 is 11.6 Å². The monoisotopic (exact) mass is 242 g/mol. The number of hydrogen-bond acceptors (Lipinski definition) is 2. The maximum Gasteiger partial charge on any atom is 0.0310 e. The zero-order valence-corrected chi connectivity index (χ0v) is 11.2. The van der Waals surface area contributed by atoms with Gasteiger partial charge in [-0.1, -0.05) is 29.8 Å². The van der Waals surface area contributed by atoms with Crippen molar-refractivity contribution in [1.29, 1.82) is 0 Å². The van der Waals surface area contributed by atoms with Crippen molar-refractivity contribution in [3.8, 4) is 0 Å². The molecule has 1 aliphatic rings. The van der Waals surface area contributed by atoms with Gasteiger partial charge in [-0.05, 0) is 39.8 Å². The minimum atomic E-state index is 0.610. The van der Waals surface area contributed by atoms with Crippen LogP contribution < -0.4 is 5.32 Å². The second-order valence-corrected chi connectivity index (χ2v) is 5.29. The van der Waals surface area contributed by atoms with E-state index in [0.717, 1.165) is 13.1 Å². The molecule has 1 aliphatic heterocycles. The molecule has 0 aromatic rings. The second kappa shape index (κ2) is 7.10. The van der Waals surface area contributed by atoms with Crippen LogP contribution in [0.1, 0.15) is 26.7 Å². The van der Waals surface area contributed by atoms with Gasteiger partial charge in [0.05, 0.1) is 0 Å². The van der Waals surface area contributed by atoms with Crippen molar-refractivity contribution in [2.24, 2.45) is 0 Å². The Bertz CT molecular complexity index is 249. The maximum atomic E-state index is 5.74. The topological polar surface area (TPSA) is 15.3 Å². The van der Waals surface area contributed by atoms with Gasteiger partial charge in [0.15, 0.2) is 0 Å². The zero-order valence-electron chi connectivity index (χ0n) is 10.4. The predicted molar refractivity (Wildman–Crippen MR) is 71.9 cm³/mol. The van der Waals surface area contributed by atoms with Crippen LogP contribution in [0, 0.1) is 0 Å². The first-order valence-corrected chi connectivity index (χ1v) is 6.38. The molecule has 0 saturated carbocycles. The van der Waals surface area contributed by atoms with Crippen molar-refractivity contribution < 1.29 is 0 Å². The first-order chi connectivity index (χ1) is 7.58. The summed E-state index contributed by atoms with van der Waals surface area (Å²) < 4.78 is 0. The van der Waals surface area contributed by atoms with Crippen molar-refractivity contribution in [2.45, 2.75) is 32.7 Å². The van der Waals surface area contributed by atoms with Gasteiger partial charge in [0, 0.05) is 24.2 Å². The van der Waals surface area contributed by atoms with E-state index in [4.69, 9.17) is 11.6 Å². The van der Waals surface area contributed by atoms with Crippen molar-refractivity contribution in [1.82, 2.24) is 10.2 Å². The number of hydrogen-bond donors (Lipinski definition) is 1. The lowest BCUT2D eigenvalue weighted by Gasteiger charge is -2.31. The highest BCUT2D eigenvalue weighted by Crippen LogP contribution is 2.11. The molecule has 1 rings (SSSR count). The number of likely N-dealkylation sites (tertiary alicyclic amines) is 1. The highest BCUT2D eigenvalue weighted by atomic mass is 35.5. The molecule has 92 valence electrons. The zero-order chi connectivity index (χ0) is 12.0. The Morgan fingerprint density at radius 1 is 1.44 bits per heavy atom. The summed E-state index contributed by atoms with van der Waals surface area (Å²) >= 11 is 5.74. The lowest BCUT2D eigenvalue weighted by Crippen LogP contribution is -2.42. The van der Waals surface area contributed by atoms with Crippen molar-refractivity contribution in [3.63, 3.8) is 0 Å². The molecule has 1 N–H and O–H groups in total. The van der Waals surface area contributed by atoms with E-state index in [9.17, 15) is 0 Å². The molecular weight excluding hydrogens is 220 g/mol. The van der Waals surface area contributed by atoms with Crippen molar-refractivity contribution >= 4 is 11.6 Å². The van der Waals surface area contributed by atoms with E-state index in [1.54, 1.807) is 0 Å². The smallest absolute Gasteiger partial charge is 0.0310 e. The van der Waals surface area contributed by atoms with Crippen LogP contribution in [-0.4, -0.2) is 37.1 Å². The third-order valence-electron chi connectivity index (χ3n) is 2.93. The molecular formula is C13H23ClN2. The molecule has 0 bridgehead atoms. The lowest BCUT2D eigenvalue weighted by molar-refractivity contribution is 0.217. The highest BCUT2D eigenvalue weighted by molar-refractivity contribution is 6.29. The van der Waals surface area contributed by atoms with Gasteiger partial charge in [-0.3, -0.25) is 4.90 Å². The van der Waals surface area contributed by atoms with Crippen LogP contribution in [0.3, 0.4) is 0 Å². The first-order valence-electron chi connectivity index (χ1n) is 6.00. The standard InChI is InChI=1S/C13H23ClN2/c1-11(2)4-7-16-8-5-13(6-9-16)15-10-12(3)14/h4,13,15H,3,5-10H2,1-2H3. The van der Waals surface area contributed by atoms with Crippen LogP contribution in [0.5, 0.6) is 0 Å². The van der Waals surface area contributed by atoms with Crippen LogP contribution in [0.15, 0.2) is 23.3 Å². The third kappa shape index (κ3) is 5.69. The number of nitrogens with zero attached hydrogens (tertiary/aromatic N) is 1. The van der Waals surface area contributed by atoms with Crippen LogP contribution in [0.2, 0.25) is 0 Å². The number of allylic oxidation sites excluding steroid dienone is 1. The number of nitrogens with one attached hydrogen (secondary N) is 1. The van der Waals surface area contributed by atoms with Gasteiger partial charge in [0.25, 0.3) is 0 Å². The third-order valence-corrected chi connectivity index (χ3v) is 3.06. The summed E-state index contributed by atoms with van der Waals surface area (Å²) in [5.41, 5.74) is 1.40. The molecule has 1 heterocycles. The average Bonchev–Trinajstić information content (AvgIpc) is 2.25. The predicted octanol–water partition coefficient (Wildman–Crippen LogP) is 2.76. The average molecular weight is 243 g/mol.